The van der Waals surface area contributed by atoms with Crippen molar-refractivity contribution in [1.29, 1.82) is 0 Å². The second kappa shape index (κ2) is 6.51. The average molecular weight is 249 g/mol. The predicted molar refractivity (Wildman–Crippen MR) is 70.5 cm³/mol. The molecule has 18 heavy (non-hydrogen) atoms. The third kappa shape index (κ3) is 2.72. The minimum Gasteiger partial charge on any atom is -0.377 e. The molecule has 0 radical (unpaired) electrons. The Balaban J connectivity index is 0.000000771. The zero-order valence-electron chi connectivity index (χ0n) is 10.3. The first kappa shape index (κ1) is 13.9. The maximum absolute atomic E-state index is 10.8. The molecule has 0 saturated heterocycles. The lowest BCUT2D eigenvalue weighted by Crippen LogP contribution is -2.04. The quantitative estimate of drug-likeness (QED) is 0.495. The molecule has 0 spiro atoms. The molecule has 0 atom stereocenters. The van der Waals surface area contributed by atoms with E-state index in [-0.39, 0.29) is 18.1 Å². The highest BCUT2D eigenvalue weighted by atomic mass is 16.6. The van der Waals surface area contributed by atoms with Crippen molar-refractivity contribution in [1.82, 2.24) is 4.98 Å². The van der Waals surface area contributed by atoms with Crippen LogP contribution in [0.1, 0.15) is 13.8 Å². The normalized spacial score (nSPS) is 9.50. The van der Waals surface area contributed by atoms with E-state index < -0.39 is 4.92 Å². The Morgan fingerprint density at radius 3 is 2.67 bits per heavy atom. The summed E-state index contributed by atoms with van der Waals surface area (Å²) in [5, 5.41) is 22.8. The Bertz CT molecular complexity index is 543. The molecule has 2 rings (SSSR count). The maximum atomic E-state index is 10.8. The summed E-state index contributed by atoms with van der Waals surface area (Å²) in [6.07, 6.45) is 1.18. The number of pyridine rings is 1. The van der Waals surface area contributed by atoms with E-state index in [1.54, 1.807) is 24.3 Å². The Morgan fingerprint density at radius 1 is 1.39 bits per heavy atom. The maximum Gasteiger partial charge on any atom is 0.311 e. The van der Waals surface area contributed by atoms with E-state index in [4.69, 9.17) is 5.11 Å². The van der Waals surface area contributed by atoms with Crippen LogP contribution in [0.25, 0.3) is 10.9 Å². The number of aromatic nitrogens is 1. The average Bonchev–Trinajstić information content (AvgIpc) is 2.41. The van der Waals surface area contributed by atoms with Gasteiger partial charge in [0.05, 0.1) is 10.4 Å². The molecule has 6 heteroatoms. The molecule has 0 aliphatic carbocycles. The minimum atomic E-state index is -0.530. The molecular weight excluding hydrogens is 234 g/mol. The van der Waals surface area contributed by atoms with Gasteiger partial charge < -0.3 is 10.4 Å². The molecule has 6 nitrogen and oxygen atoms in total. The van der Waals surface area contributed by atoms with E-state index in [0.29, 0.717) is 10.9 Å². The molecular formula is C12H15N3O3. The number of hydrogen-bond acceptors (Lipinski definition) is 5. The van der Waals surface area contributed by atoms with Crippen LogP contribution in [0.4, 0.5) is 11.4 Å². The van der Waals surface area contributed by atoms with Crippen molar-refractivity contribution in [2.45, 2.75) is 13.8 Å². The summed E-state index contributed by atoms with van der Waals surface area (Å²) in [6, 6.07) is 7.02. The Morgan fingerprint density at radius 2 is 2.06 bits per heavy atom. The fourth-order valence-electron chi connectivity index (χ4n) is 1.53. The van der Waals surface area contributed by atoms with Crippen LogP contribution < -0.4 is 5.32 Å². The second-order valence-electron chi connectivity index (χ2n) is 3.13. The highest BCUT2D eigenvalue weighted by Gasteiger charge is 2.16. The lowest BCUT2D eigenvalue weighted by atomic mass is 10.1. The van der Waals surface area contributed by atoms with Gasteiger partial charge in [-0.15, -0.1) is 0 Å². The number of nitrogens with zero attached hydrogens (tertiary/aromatic N) is 2. The predicted octanol–water partition coefficient (Wildman–Crippen LogP) is 2.53. The summed E-state index contributed by atoms with van der Waals surface area (Å²) in [4.78, 5) is 14.2. The standard InChI is InChI=1S/C10H9N3O3.C2H6/c14-6-12-10-7-3-1-2-4-8(7)11-5-9(10)13(15)16;1-2/h1-5,14H,6H2,(H,11,12);1-2H3. The van der Waals surface area contributed by atoms with E-state index in [9.17, 15) is 10.1 Å². The summed E-state index contributed by atoms with van der Waals surface area (Å²) in [5.74, 6) is 0. The molecule has 2 N–H and O–H groups in total. The molecule has 1 aromatic carbocycles. The Hall–Kier alpha value is -2.21. The summed E-state index contributed by atoms with van der Waals surface area (Å²) >= 11 is 0. The summed E-state index contributed by atoms with van der Waals surface area (Å²) in [6.45, 7) is 3.63. The van der Waals surface area contributed by atoms with Gasteiger partial charge in [-0.05, 0) is 6.07 Å². The van der Waals surface area contributed by atoms with Gasteiger partial charge in [0, 0.05) is 5.39 Å². The van der Waals surface area contributed by atoms with Crippen LogP contribution in [0, 0.1) is 10.1 Å². The van der Waals surface area contributed by atoms with Gasteiger partial charge in [-0.3, -0.25) is 10.1 Å². The van der Waals surface area contributed by atoms with Crippen molar-refractivity contribution in [3.05, 3.63) is 40.6 Å². The highest BCUT2D eigenvalue weighted by molar-refractivity contribution is 5.95. The number of fused-ring (bicyclic) bond motifs is 1. The number of nitrogens with one attached hydrogen (secondary N) is 1. The van der Waals surface area contributed by atoms with E-state index in [1.165, 1.54) is 6.20 Å². The van der Waals surface area contributed by atoms with E-state index >= 15 is 0 Å². The van der Waals surface area contributed by atoms with Gasteiger partial charge in [0.1, 0.15) is 18.6 Å². The van der Waals surface area contributed by atoms with Gasteiger partial charge in [-0.25, -0.2) is 4.98 Å². The fraction of sp³-hybridized carbons (Fsp3) is 0.250. The number of aliphatic hydroxyl groups excluding tert-OH is 1. The molecule has 0 amide bonds. The van der Waals surface area contributed by atoms with Crippen molar-refractivity contribution < 1.29 is 10.0 Å². The first-order valence-electron chi connectivity index (χ1n) is 5.61. The molecule has 2 aromatic rings. The summed E-state index contributed by atoms with van der Waals surface area (Å²) in [5.41, 5.74) is 0.787. The minimum absolute atomic E-state index is 0.146. The smallest absolute Gasteiger partial charge is 0.311 e. The first-order chi connectivity index (χ1) is 8.74. The van der Waals surface area contributed by atoms with E-state index in [2.05, 4.69) is 10.3 Å². The Labute approximate surface area is 104 Å². The van der Waals surface area contributed by atoms with Crippen molar-refractivity contribution in [2.24, 2.45) is 0 Å². The van der Waals surface area contributed by atoms with Crippen LogP contribution in [-0.4, -0.2) is 21.7 Å². The molecule has 0 unspecified atom stereocenters. The van der Waals surface area contributed by atoms with E-state index in [0.717, 1.165) is 0 Å². The molecule has 0 saturated carbocycles. The zero-order chi connectivity index (χ0) is 13.5. The van der Waals surface area contributed by atoms with Gasteiger partial charge in [0.2, 0.25) is 0 Å². The molecule has 0 fully saturated rings. The van der Waals surface area contributed by atoms with Gasteiger partial charge in [-0.2, -0.15) is 0 Å². The lowest BCUT2D eigenvalue weighted by Gasteiger charge is -2.07. The highest BCUT2D eigenvalue weighted by Crippen LogP contribution is 2.30. The van der Waals surface area contributed by atoms with Crippen LogP contribution in [-0.2, 0) is 0 Å². The van der Waals surface area contributed by atoms with Gasteiger partial charge >= 0.3 is 5.69 Å². The molecule has 96 valence electrons. The first-order valence-corrected chi connectivity index (χ1v) is 5.61. The van der Waals surface area contributed by atoms with Gasteiger partial charge in [-0.1, -0.05) is 32.0 Å². The fourth-order valence-corrected chi connectivity index (χ4v) is 1.53. The van der Waals surface area contributed by atoms with Crippen LogP contribution >= 0.6 is 0 Å². The topological polar surface area (TPSA) is 88.3 Å². The molecule has 1 aromatic heterocycles. The molecule has 0 bridgehead atoms. The largest absolute Gasteiger partial charge is 0.377 e. The second-order valence-corrected chi connectivity index (χ2v) is 3.13. The summed E-state index contributed by atoms with van der Waals surface area (Å²) in [7, 11) is 0. The summed E-state index contributed by atoms with van der Waals surface area (Å²) < 4.78 is 0. The number of benzene rings is 1. The number of para-hydroxylation sites is 1. The van der Waals surface area contributed by atoms with Crippen molar-refractivity contribution in [3.63, 3.8) is 0 Å². The number of hydrogen-bond donors (Lipinski definition) is 2. The van der Waals surface area contributed by atoms with Gasteiger partial charge in [0.15, 0.2) is 0 Å². The Kier molecular flexibility index (Phi) is 5.01. The lowest BCUT2D eigenvalue weighted by molar-refractivity contribution is -0.384. The van der Waals surface area contributed by atoms with Crippen molar-refractivity contribution in [2.75, 3.05) is 12.0 Å². The number of aliphatic hydroxyl groups is 1. The molecule has 1 heterocycles. The van der Waals surface area contributed by atoms with Crippen LogP contribution in [0.15, 0.2) is 30.5 Å². The van der Waals surface area contributed by atoms with Crippen molar-refractivity contribution in [3.8, 4) is 0 Å². The van der Waals surface area contributed by atoms with Crippen LogP contribution in [0.2, 0.25) is 0 Å². The zero-order valence-corrected chi connectivity index (χ0v) is 10.3. The van der Waals surface area contributed by atoms with Crippen molar-refractivity contribution >= 4 is 22.3 Å². The molecule has 0 aliphatic heterocycles. The van der Waals surface area contributed by atoms with Gasteiger partial charge in [0.25, 0.3) is 0 Å². The molecule has 0 aliphatic rings. The van der Waals surface area contributed by atoms with E-state index in [1.807, 2.05) is 13.8 Å². The monoisotopic (exact) mass is 249 g/mol. The number of anilines is 1. The SMILES string of the molecule is CC.O=[N+]([O-])c1cnc2ccccc2c1NCO. The third-order valence-corrected chi connectivity index (χ3v) is 2.21. The third-order valence-electron chi connectivity index (χ3n) is 2.21. The van der Waals surface area contributed by atoms with Crippen LogP contribution in [0.5, 0.6) is 0 Å². The number of rotatable bonds is 3. The van der Waals surface area contributed by atoms with Crippen LogP contribution in [0.3, 0.4) is 0 Å². The number of nitro groups is 1.